The first-order chi connectivity index (χ1) is 11.6. The number of ketones is 1. The van der Waals surface area contributed by atoms with Crippen LogP contribution in [0.3, 0.4) is 0 Å². The summed E-state index contributed by atoms with van der Waals surface area (Å²) in [6.45, 7) is 7.79. The zero-order valence-corrected chi connectivity index (χ0v) is 16.1. The molecule has 2 N–H and O–H groups in total. The summed E-state index contributed by atoms with van der Waals surface area (Å²) in [5.74, 6) is 3.93. The largest absolute Gasteiger partial charge is 0.328 e. The van der Waals surface area contributed by atoms with Crippen LogP contribution in [-0.4, -0.2) is 27.4 Å². The third-order valence-corrected chi connectivity index (χ3v) is 6.07. The molecule has 0 saturated carbocycles. The first-order valence-electron chi connectivity index (χ1n) is 8.35. The van der Waals surface area contributed by atoms with Crippen molar-refractivity contribution in [3.63, 3.8) is 0 Å². The van der Waals surface area contributed by atoms with Crippen molar-refractivity contribution in [3.8, 4) is 0 Å². The van der Waals surface area contributed by atoms with E-state index in [9.17, 15) is 13.8 Å². The van der Waals surface area contributed by atoms with Crippen LogP contribution in [0.5, 0.6) is 0 Å². The molecule has 25 heavy (non-hydrogen) atoms. The Morgan fingerprint density at radius 3 is 2.64 bits per heavy atom. The highest BCUT2D eigenvalue weighted by Crippen LogP contribution is 2.22. The number of aryl methyl sites for hydroxylation is 1. The lowest BCUT2D eigenvalue weighted by atomic mass is 9.86. The fourth-order valence-electron chi connectivity index (χ4n) is 2.63. The number of aromatic amines is 1. The van der Waals surface area contributed by atoms with E-state index in [2.05, 4.69) is 15.6 Å². The Labute approximate surface area is 149 Å². The molecule has 6 heteroatoms. The van der Waals surface area contributed by atoms with Gasteiger partial charge in [-0.2, -0.15) is 0 Å². The van der Waals surface area contributed by atoms with Crippen LogP contribution in [0.15, 0.2) is 34.1 Å². The van der Waals surface area contributed by atoms with E-state index in [1.165, 1.54) is 0 Å². The summed E-state index contributed by atoms with van der Waals surface area (Å²) in [4.78, 5) is 27.4. The molecule has 0 aliphatic rings. The number of hydrogen-bond donors (Lipinski definition) is 2. The van der Waals surface area contributed by atoms with Crippen molar-refractivity contribution in [1.82, 2.24) is 9.71 Å². The van der Waals surface area contributed by atoms with Gasteiger partial charge in [-0.05, 0) is 42.3 Å². The van der Waals surface area contributed by atoms with Gasteiger partial charge in [-0.25, -0.2) is 8.93 Å². The summed E-state index contributed by atoms with van der Waals surface area (Å²) in [6.07, 6.45) is 2.94. The fraction of sp³-hybridized carbons (Fsp3) is 0.421. The summed E-state index contributed by atoms with van der Waals surface area (Å²) in [7, 11) is -2.82. The normalized spacial score (nSPS) is 14.4. The predicted molar refractivity (Wildman–Crippen MR) is 105 cm³/mol. The SMILES string of the molecule is C=S(=O)(NCC(C)(C)C(=O)CCC)c1ccc2c(C)c[nH]c(=O)c2c1. The van der Waals surface area contributed by atoms with Crippen LogP contribution in [0, 0.1) is 12.3 Å². The van der Waals surface area contributed by atoms with E-state index in [0.717, 1.165) is 17.4 Å². The van der Waals surface area contributed by atoms with Gasteiger partial charge in [-0.3, -0.25) is 9.59 Å². The van der Waals surface area contributed by atoms with E-state index < -0.39 is 15.1 Å². The number of fused-ring (bicyclic) bond motifs is 1. The van der Waals surface area contributed by atoms with Crippen molar-refractivity contribution < 1.29 is 9.00 Å². The quantitative estimate of drug-likeness (QED) is 0.744. The van der Waals surface area contributed by atoms with E-state index in [1.807, 2.05) is 27.7 Å². The Kier molecular flexibility index (Phi) is 5.54. The van der Waals surface area contributed by atoms with Crippen molar-refractivity contribution in [2.45, 2.75) is 45.4 Å². The Bertz CT molecular complexity index is 956. The maximum atomic E-state index is 13.0. The number of rotatable bonds is 7. The second-order valence-electron chi connectivity index (χ2n) is 7.06. The number of hydrogen-bond acceptors (Lipinski definition) is 3. The molecule has 0 spiro atoms. The van der Waals surface area contributed by atoms with Gasteiger partial charge in [-0.1, -0.05) is 26.8 Å². The minimum Gasteiger partial charge on any atom is -0.328 e. The first-order valence-corrected chi connectivity index (χ1v) is 10.1. The Morgan fingerprint density at radius 2 is 2.00 bits per heavy atom. The number of nitrogens with one attached hydrogen (secondary N) is 2. The van der Waals surface area contributed by atoms with Gasteiger partial charge in [0.05, 0.1) is 9.71 Å². The Hall–Kier alpha value is -1.92. The van der Waals surface area contributed by atoms with Crippen molar-refractivity contribution in [2.75, 3.05) is 6.54 Å². The molecule has 1 unspecified atom stereocenters. The van der Waals surface area contributed by atoms with Crippen LogP contribution in [0.25, 0.3) is 10.8 Å². The van der Waals surface area contributed by atoms with Gasteiger partial charge >= 0.3 is 0 Å². The molecule has 0 bridgehead atoms. The number of carbonyl (C=O) groups is 1. The lowest BCUT2D eigenvalue weighted by Crippen LogP contribution is -2.38. The molecule has 2 aromatic rings. The molecule has 0 saturated heterocycles. The number of Topliss-reactive ketones (excluding diaryl/α,β-unsaturated/α-hetero) is 1. The Balaban J connectivity index is 2.31. The number of benzene rings is 1. The highest BCUT2D eigenvalue weighted by Gasteiger charge is 2.27. The maximum Gasteiger partial charge on any atom is 0.255 e. The smallest absolute Gasteiger partial charge is 0.255 e. The summed E-state index contributed by atoms with van der Waals surface area (Å²) >= 11 is 0. The Morgan fingerprint density at radius 1 is 1.32 bits per heavy atom. The van der Waals surface area contributed by atoms with E-state index in [1.54, 1.807) is 24.4 Å². The highest BCUT2D eigenvalue weighted by atomic mass is 32.2. The van der Waals surface area contributed by atoms with Crippen molar-refractivity contribution in [2.24, 2.45) is 5.41 Å². The summed E-state index contributed by atoms with van der Waals surface area (Å²) in [5.41, 5.74) is 0.0911. The monoisotopic (exact) mass is 362 g/mol. The van der Waals surface area contributed by atoms with Crippen molar-refractivity contribution in [3.05, 3.63) is 40.3 Å². The molecule has 1 aromatic heterocycles. The van der Waals surface area contributed by atoms with E-state index in [4.69, 9.17) is 0 Å². The van der Waals surface area contributed by atoms with E-state index in [-0.39, 0.29) is 17.9 Å². The van der Waals surface area contributed by atoms with Gasteiger partial charge in [0.2, 0.25) is 0 Å². The van der Waals surface area contributed by atoms with Crippen LogP contribution in [-0.2, 0) is 14.5 Å². The van der Waals surface area contributed by atoms with E-state index >= 15 is 0 Å². The van der Waals surface area contributed by atoms with Crippen LogP contribution >= 0.6 is 0 Å². The average molecular weight is 362 g/mol. The molecule has 0 amide bonds. The second-order valence-corrected chi connectivity index (χ2v) is 9.17. The van der Waals surface area contributed by atoms with E-state index in [0.29, 0.717) is 16.7 Å². The summed E-state index contributed by atoms with van der Waals surface area (Å²) in [6, 6.07) is 5.12. The van der Waals surface area contributed by atoms with Crippen LogP contribution in [0.2, 0.25) is 0 Å². The maximum absolute atomic E-state index is 13.0. The van der Waals surface area contributed by atoms with Gasteiger partial charge in [0.15, 0.2) is 0 Å². The number of pyridine rings is 1. The second kappa shape index (κ2) is 7.14. The van der Waals surface area contributed by atoms with Gasteiger partial charge in [0.25, 0.3) is 5.56 Å². The van der Waals surface area contributed by atoms with Gasteiger partial charge in [0, 0.05) is 34.9 Å². The van der Waals surface area contributed by atoms with Gasteiger partial charge < -0.3 is 4.98 Å². The lowest BCUT2D eigenvalue weighted by molar-refractivity contribution is -0.126. The molecule has 0 fully saturated rings. The number of H-pyrrole nitrogens is 1. The molecule has 5 nitrogen and oxygen atoms in total. The summed E-state index contributed by atoms with van der Waals surface area (Å²) < 4.78 is 15.9. The van der Waals surface area contributed by atoms with Crippen LogP contribution in [0.1, 0.15) is 39.2 Å². The molecule has 1 aromatic carbocycles. The van der Waals surface area contributed by atoms with Crippen LogP contribution < -0.4 is 10.3 Å². The standard InChI is InChI=1S/C19H26N2O3S/c1-6-7-17(22)19(3,4)12-21-25(5,24)14-8-9-15-13(2)11-20-18(23)16(15)10-14/h8-11H,5-7,12H2,1-4H3,(H,20,23)(H,21,24). The zero-order valence-electron chi connectivity index (χ0n) is 15.3. The van der Waals surface area contributed by atoms with Gasteiger partial charge in [0.1, 0.15) is 5.78 Å². The molecule has 0 radical (unpaired) electrons. The third-order valence-electron chi connectivity index (χ3n) is 4.44. The molecular weight excluding hydrogens is 336 g/mol. The minimum absolute atomic E-state index is 0.128. The predicted octanol–water partition coefficient (Wildman–Crippen LogP) is 2.81. The highest BCUT2D eigenvalue weighted by molar-refractivity contribution is 7.98. The summed E-state index contributed by atoms with van der Waals surface area (Å²) in [5, 5.41) is 1.30. The van der Waals surface area contributed by atoms with Gasteiger partial charge in [-0.15, -0.1) is 0 Å². The molecular formula is C19H26N2O3S. The number of carbonyl (C=O) groups excluding carboxylic acids is 1. The molecule has 1 atom stereocenters. The zero-order chi connectivity index (χ0) is 18.8. The molecule has 0 aliphatic carbocycles. The third kappa shape index (κ3) is 4.19. The number of aromatic nitrogens is 1. The molecule has 136 valence electrons. The lowest BCUT2D eigenvalue weighted by Gasteiger charge is -2.25. The average Bonchev–Trinajstić information content (AvgIpc) is 2.56. The fourth-order valence-corrected chi connectivity index (χ4v) is 3.99. The molecule has 2 rings (SSSR count). The molecule has 1 heterocycles. The molecule has 0 aliphatic heterocycles. The van der Waals surface area contributed by atoms with Crippen molar-refractivity contribution in [1.29, 1.82) is 0 Å². The minimum atomic E-state index is -2.82. The topological polar surface area (TPSA) is 79.0 Å². The van der Waals surface area contributed by atoms with Crippen molar-refractivity contribution >= 4 is 32.1 Å². The first kappa shape index (κ1) is 19.4. The van der Waals surface area contributed by atoms with Crippen LogP contribution in [0.4, 0.5) is 0 Å².